The monoisotopic (exact) mass is 319 g/mol. The van der Waals surface area contributed by atoms with Gasteiger partial charge in [0.05, 0.1) is 7.11 Å². The van der Waals surface area contributed by atoms with Crippen molar-refractivity contribution < 1.29 is 9.63 Å². The maximum Gasteiger partial charge on any atom is 0.277 e. The third-order valence-electron chi connectivity index (χ3n) is 2.87. The predicted octanol–water partition coefficient (Wildman–Crippen LogP) is 3.75. The van der Waals surface area contributed by atoms with Crippen molar-refractivity contribution in [3.05, 3.63) is 58.6 Å². The van der Waals surface area contributed by atoms with Gasteiger partial charge in [0, 0.05) is 17.1 Å². The Hall–Kier alpha value is -1.65. The van der Waals surface area contributed by atoms with E-state index in [4.69, 9.17) is 4.84 Å². The number of rotatable bonds is 3. The second-order valence-electron chi connectivity index (χ2n) is 4.04. The van der Waals surface area contributed by atoms with Crippen LogP contribution in [0.1, 0.15) is 10.4 Å². The fraction of sp³-hybridized carbons (Fsp3) is 0.133. The molecule has 0 aliphatic carbocycles. The summed E-state index contributed by atoms with van der Waals surface area (Å²) in [7, 11) is 3.07. The molecular formula is C15H14BrNO2. The average molecular weight is 320 g/mol. The first-order valence-electron chi connectivity index (χ1n) is 5.80. The molecule has 0 spiro atoms. The van der Waals surface area contributed by atoms with E-state index < -0.39 is 0 Å². The maximum atomic E-state index is 12.2. The van der Waals surface area contributed by atoms with E-state index in [0.717, 1.165) is 15.6 Å². The zero-order valence-corrected chi connectivity index (χ0v) is 12.3. The van der Waals surface area contributed by atoms with Gasteiger partial charge in [-0.25, -0.2) is 5.06 Å². The number of hydrogen-bond acceptors (Lipinski definition) is 2. The van der Waals surface area contributed by atoms with Crippen molar-refractivity contribution in [2.24, 2.45) is 0 Å². The molecule has 0 saturated heterocycles. The quantitative estimate of drug-likeness (QED) is 0.806. The van der Waals surface area contributed by atoms with Gasteiger partial charge in [0.25, 0.3) is 5.91 Å². The van der Waals surface area contributed by atoms with Crippen molar-refractivity contribution in [2.45, 2.75) is 0 Å². The first-order valence-corrected chi connectivity index (χ1v) is 6.60. The summed E-state index contributed by atoms with van der Waals surface area (Å²) in [4.78, 5) is 17.2. The molecule has 0 aliphatic heterocycles. The molecule has 4 heteroatoms. The van der Waals surface area contributed by atoms with E-state index >= 15 is 0 Å². The summed E-state index contributed by atoms with van der Waals surface area (Å²) in [5.41, 5.74) is 2.51. The Labute approximate surface area is 120 Å². The molecule has 0 aromatic heterocycles. The van der Waals surface area contributed by atoms with Crippen molar-refractivity contribution >= 4 is 21.8 Å². The molecule has 19 heavy (non-hydrogen) atoms. The molecule has 3 nitrogen and oxygen atoms in total. The van der Waals surface area contributed by atoms with E-state index in [1.807, 2.05) is 42.5 Å². The highest BCUT2D eigenvalue weighted by Gasteiger charge is 2.16. The minimum Gasteiger partial charge on any atom is -0.274 e. The van der Waals surface area contributed by atoms with Gasteiger partial charge in [0.15, 0.2) is 0 Å². The van der Waals surface area contributed by atoms with Crippen LogP contribution in [-0.4, -0.2) is 25.1 Å². The van der Waals surface area contributed by atoms with Gasteiger partial charge in [-0.1, -0.05) is 46.3 Å². The van der Waals surface area contributed by atoms with Gasteiger partial charge in [0.2, 0.25) is 0 Å². The van der Waals surface area contributed by atoms with E-state index in [1.54, 1.807) is 13.1 Å². The van der Waals surface area contributed by atoms with Crippen LogP contribution in [0.2, 0.25) is 0 Å². The lowest BCUT2D eigenvalue weighted by Gasteiger charge is -2.16. The number of halogens is 1. The number of carbonyl (C=O) groups excluding carboxylic acids is 1. The third-order valence-corrected chi connectivity index (χ3v) is 3.40. The molecule has 0 N–H and O–H groups in total. The summed E-state index contributed by atoms with van der Waals surface area (Å²) in [5.74, 6) is -0.166. The van der Waals surface area contributed by atoms with Crippen molar-refractivity contribution in [2.75, 3.05) is 14.2 Å². The second kappa shape index (κ2) is 5.99. The van der Waals surface area contributed by atoms with E-state index in [0.29, 0.717) is 5.56 Å². The Morgan fingerprint density at radius 3 is 2.37 bits per heavy atom. The van der Waals surface area contributed by atoms with Crippen molar-refractivity contribution in [1.29, 1.82) is 0 Å². The van der Waals surface area contributed by atoms with Crippen LogP contribution in [0.25, 0.3) is 11.1 Å². The van der Waals surface area contributed by atoms with Crippen molar-refractivity contribution in [3.8, 4) is 11.1 Å². The highest BCUT2D eigenvalue weighted by atomic mass is 79.9. The fourth-order valence-corrected chi connectivity index (χ4v) is 2.07. The second-order valence-corrected chi connectivity index (χ2v) is 4.95. The zero-order valence-electron chi connectivity index (χ0n) is 10.8. The number of nitrogens with zero attached hydrogens (tertiary/aromatic N) is 1. The molecule has 2 aromatic rings. The molecule has 0 bridgehead atoms. The highest BCUT2D eigenvalue weighted by molar-refractivity contribution is 9.10. The third kappa shape index (κ3) is 3.03. The average Bonchev–Trinajstić information content (AvgIpc) is 2.46. The molecule has 2 rings (SSSR count). The normalized spacial score (nSPS) is 10.3. The van der Waals surface area contributed by atoms with Crippen LogP contribution in [0.3, 0.4) is 0 Å². The van der Waals surface area contributed by atoms with Gasteiger partial charge in [-0.05, 0) is 29.3 Å². The summed E-state index contributed by atoms with van der Waals surface area (Å²) in [6.07, 6.45) is 0. The molecule has 1 amide bonds. The Kier molecular flexibility index (Phi) is 4.35. The van der Waals surface area contributed by atoms with Crippen LogP contribution in [0.4, 0.5) is 0 Å². The molecule has 0 fully saturated rings. The van der Waals surface area contributed by atoms with E-state index in [-0.39, 0.29) is 5.91 Å². The van der Waals surface area contributed by atoms with Crippen LogP contribution >= 0.6 is 15.9 Å². The van der Waals surface area contributed by atoms with Crippen LogP contribution in [0.15, 0.2) is 53.0 Å². The molecule has 0 aliphatic rings. The lowest BCUT2D eigenvalue weighted by atomic mass is 9.99. The van der Waals surface area contributed by atoms with Crippen LogP contribution in [0, 0.1) is 0 Å². The molecular weight excluding hydrogens is 306 g/mol. The zero-order chi connectivity index (χ0) is 13.8. The van der Waals surface area contributed by atoms with E-state index in [2.05, 4.69) is 15.9 Å². The fourth-order valence-electron chi connectivity index (χ4n) is 1.80. The first kappa shape index (κ1) is 13.8. The Bertz CT molecular complexity index is 581. The van der Waals surface area contributed by atoms with Gasteiger partial charge in [-0.3, -0.25) is 9.63 Å². The van der Waals surface area contributed by atoms with Crippen molar-refractivity contribution in [3.63, 3.8) is 0 Å². The number of benzene rings is 2. The van der Waals surface area contributed by atoms with Gasteiger partial charge in [0.1, 0.15) is 0 Å². The molecule has 0 heterocycles. The van der Waals surface area contributed by atoms with E-state index in [9.17, 15) is 4.79 Å². The lowest BCUT2D eigenvalue weighted by molar-refractivity contribution is -0.0756. The topological polar surface area (TPSA) is 29.5 Å². The number of hydroxylamine groups is 2. The van der Waals surface area contributed by atoms with Gasteiger partial charge >= 0.3 is 0 Å². The summed E-state index contributed by atoms with van der Waals surface area (Å²) in [6, 6.07) is 15.4. The molecule has 0 saturated carbocycles. The van der Waals surface area contributed by atoms with Gasteiger partial charge < -0.3 is 0 Å². The number of hydrogen-bond donors (Lipinski definition) is 0. The van der Waals surface area contributed by atoms with Crippen LogP contribution in [-0.2, 0) is 4.84 Å². The SMILES string of the molecule is CON(C)C(=O)c1ccccc1-c1ccc(Br)cc1. The Balaban J connectivity index is 2.47. The lowest BCUT2D eigenvalue weighted by Crippen LogP contribution is -2.25. The van der Waals surface area contributed by atoms with Crippen LogP contribution in [0.5, 0.6) is 0 Å². The van der Waals surface area contributed by atoms with E-state index in [1.165, 1.54) is 12.2 Å². The smallest absolute Gasteiger partial charge is 0.274 e. The molecule has 98 valence electrons. The molecule has 2 aromatic carbocycles. The molecule has 0 radical (unpaired) electrons. The minimum atomic E-state index is -0.166. The molecule has 0 atom stereocenters. The van der Waals surface area contributed by atoms with Crippen molar-refractivity contribution in [1.82, 2.24) is 5.06 Å². The predicted molar refractivity (Wildman–Crippen MR) is 78.7 cm³/mol. The Morgan fingerprint density at radius 2 is 1.74 bits per heavy atom. The van der Waals surface area contributed by atoms with Gasteiger partial charge in [-0.2, -0.15) is 0 Å². The Morgan fingerprint density at radius 1 is 1.11 bits per heavy atom. The largest absolute Gasteiger partial charge is 0.277 e. The summed E-state index contributed by atoms with van der Waals surface area (Å²) in [6.45, 7) is 0. The number of carbonyl (C=O) groups is 1. The summed E-state index contributed by atoms with van der Waals surface area (Å²) >= 11 is 3.40. The summed E-state index contributed by atoms with van der Waals surface area (Å²) in [5, 5.41) is 1.22. The highest BCUT2D eigenvalue weighted by Crippen LogP contribution is 2.26. The minimum absolute atomic E-state index is 0.166. The van der Waals surface area contributed by atoms with Gasteiger partial charge in [-0.15, -0.1) is 0 Å². The standard InChI is InChI=1S/C15H14BrNO2/c1-17(19-2)15(18)14-6-4-3-5-13(14)11-7-9-12(16)10-8-11/h3-10H,1-2H3. The molecule has 0 unspecified atom stereocenters. The maximum absolute atomic E-state index is 12.2. The first-order chi connectivity index (χ1) is 9.13. The number of amides is 1. The summed E-state index contributed by atoms with van der Waals surface area (Å²) < 4.78 is 1.01. The van der Waals surface area contributed by atoms with Crippen LogP contribution < -0.4 is 0 Å².